The number of methoxy groups -OCH3 is 1. The highest BCUT2D eigenvalue weighted by Crippen LogP contribution is 2.35. The normalized spacial score (nSPS) is 15.6. The molecule has 0 saturated heterocycles. The highest BCUT2D eigenvalue weighted by molar-refractivity contribution is 6.06. The lowest BCUT2D eigenvalue weighted by Crippen LogP contribution is -2.31. The van der Waals surface area contributed by atoms with Crippen molar-refractivity contribution in [2.75, 3.05) is 17.7 Å². The standard InChI is InChI=1S/C20H20N6O2/c1-12-4-8-15(9-5-12)22-19(27)17-13(2)21-20-23-24-25-26(20)18(17)14-6-10-16(28-3)11-7-14/h4-11,18H,1-3H3,(H,22,27)(H,21,23,25). The molecule has 0 saturated carbocycles. The summed E-state index contributed by atoms with van der Waals surface area (Å²) in [7, 11) is 1.61. The van der Waals surface area contributed by atoms with Crippen LogP contribution in [0.15, 0.2) is 59.8 Å². The molecular formula is C20H20N6O2. The molecule has 0 radical (unpaired) electrons. The first kappa shape index (κ1) is 17.7. The van der Waals surface area contributed by atoms with Gasteiger partial charge in [-0.05, 0) is 54.1 Å². The number of aromatic nitrogens is 4. The molecule has 2 aromatic carbocycles. The Bertz CT molecular complexity index is 1040. The number of rotatable bonds is 4. The van der Waals surface area contributed by atoms with Gasteiger partial charge in [-0.2, -0.15) is 4.68 Å². The van der Waals surface area contributed by atoms with Crippen LogP contribution >= 0.6 is 0 Å². The van der Waals surface area contributed by atoms with Crippen LogP contribution < -0.4 is 15.4 Å². The molecule has 2 N–H and O–H groups in total. The number of hydrogen-bond donors (Lipinski definition) is 2. The number of nitrogens with one attached hydrogen (secondary N) is 2. The molecule has 1 aliphatic heterocycles. The Morgan fingerprint density at radius 3 is 2.50 bits per heavy atom. The van der Waals surface area contributed by atoms with Crippen LogP contribution in [-0.2, 0) is 4.79 Å². The van der Waals surface area contributed by atoms with Gasteiger partial charge in [-0.25, -0.2) is 0 Å². The van der Waals surface area contributed by atoms with Crippen LogP contribution in [0.4, 0.5) is 11.6 Å². The number of benzene rings is 2. The summed E-state index contributed by atoms with van der Waals surface area (Å²) in [5, 5.41) is 17.9. The lowest BCUT2D eigenvalue weighted by molar-refractivity contribution is -0.113. The van der Waals surface area contributed by atoms with E-state index in [1.807, 2.05) is 62.4 Å². The maximum Gasteiger partial charge on any atom is 0.255 e. The Balaban J connectivity index is 1.73. The fourth-order valence-electron chi connectivity index (χ4n) is 3.24. The molecule has 1 amide bonds. The summed E-state index contributed by atoms with van der Waals surface area (Å²) in [4.78, 5) is 13.2. The number of amides is 1. The second-order valence-electron chi connectivity index (χ2n) is 6.61. The number of hydrogen-bond acceptors (Lipinski definition) is 6. The number of allylic oxidation sites excluding steroid dienone is 1. The lowest BCUT2D eigenvalue weighted by Gasteiger charge is -2.28. The minimum Gasteiger partial charge on any atom is -0.497 e. The number of carbonyl (C=O) groups excluding carboxylic acids is 1. The maximum atomic E-state index is 13.2. The van der Waals surface area contributed by atoms with E-state index in [1.54, 1.807) is 11.8 Å². The molecule has 28 heavy (non-hydrogen) atoms. The van der Waals surface area contributed by atoms with Crippen molar-refractivity contribution in [2.24, 2.45) is 0 Å². The number of nitrogens with zero attached hydrogens (tertiary/aromatic N) is 4. The molecule has 0 bridgehead atoms. The van der Waals surface area contributed by atoms with Gasteiger partial charge in [0.1, 0.15) is 11.8 Å². The van der Waals surface area contributed by atoms with E-state index < -0.39 is 6.04 Å². The number of aryl methyl sites for hydroxylation is 1. The van der Waals surface area contributed by atoms with Crippen LogP contribution in [-0.4, -0.2) is 33.2 Å². The van der Waals surface area contributed by atoms with Crippen LogP contribution in [0.3, 0.4) is 0 Å². The Morgan fingerprint density at radius 2 is 1.82 bits per heavy atom. The smallest absolute Gasteiger partial charge is 0.255 e. The summed E-state index contributed by atoms with van der Waals surface area (Å²) >= 11 is 0. The van der Waals surface area contributed by atoms with Crippen molar-refractivity contribution in [3.05, 3.63) is 70.9 Å². The molecule has 0 spiro atoms. The Hall–Kier alpha value is -3.68. The van der Waals surface area contributed by atoms with Gasteiger partial charge in [-0.3, -0.25) is 4.79 Å². The zero-order chi connectivity index (χ0) is 19.7. The van der Waals surface area contributed by atoms with Gasteiger partial charge in [-0.1, -0.05) is 34.9 Å². The minimum absolute atomic E-state index is 0.212. The SMILES string of the molecule is COc1ccc(C2C(C(=O)Nc3ccc(C)cc3)=C(C)Nc3nnnn32)cc1. The number of carbonyl (C=O) groups is 1. The number of ether oxygens (including phenoxy) is 1. The zero-order valence-corrected chi connectivity index (χ0v) is 15.8. The van der Waals surface area contributed by atoms with Crippen molar-refractivity contribution in [1.29, 1.82) is 0 Å². The third-order valence-electron chi connectivity index (χ3n) is 4.70. The molecule has 1 aromatic heterocycles. The number of anilines is 2. The first-order valence-electron chi connectivity index (χ1n) is 8.84. The quantitative estimate of drug-likeness (QED) is 0.727. The number of tetrazole rings is 1. The van der Waals surface area contributed by atoms with Crippen LogP contribution in [0, 0.1) is 6.92 Å². The average Bonchev–Trinajstić information content (AvgIpc) is 3.16. The maximum absolute atomic E-state index is 13.2. The zero-order valence-electron chi connectivity index (χ0n) is 15.8. The third kappa shape index (κ3) is 3.20. The molecule has 2 heterocycles. The summed E-state index contributed by atoms with van der Waals surface area (Å²) in [6.07, 6.45) is 0. The summed E-state index contributed by atoms with van der Waals surface area (Å²) in [6, 6.07) is 14.7. The summed E-state index contributed by atoms with van der Waals surface area (Å²) < 4.78 is 6.85. The van der Waals surface area contributed by atoms with Gasteiger partial charge in [0.05, 0.1) is 12.7 Å². The molecule has 1 unspecified atom stereocenters. The molecule has 142 valence electrons. The van der Waals surface area contributed by atoms with Gasteiger partial charge in [0.15, 0.2) is 0 Å². The van der Waals surface area contributed by atoms with E-state index in [0.29, 0.717) is 17.2 Å². The lowest BCUT2D eigenvalue weighted by atomic mass is 9.95. The monoisotopic (exact) mass is 376 g/mol. The van der Waals surface area contributed by atoms with Gasteiger partial charge >= 0.3 is 0 Å². The largest absolute Gasteiger partial charge is 0.497 e. The predicted octanol–water partition coefficient (Wildman–Crippen LogP) is 2.92. The molecule has 8 nitrogen and oxygen atoms in total. The van der Waals surface area contributed by atoms with Crippen LogP contribution in [0.5, 0.6) is 5.75 Å². The van der Waals surface area contributed by atoms with Gasteiger partial charge in [0, 0.05) is 11.4 Å². The van der Waals surface area contributed by atoms with E-state index in [4.69, 9.17) is 4.74 Å². The van der Waals surface area contributed by atoms with Gasteiger partial charge in [-0.15, -0.1) is 0 Å². The van der Waals surface area contributed by atoms with Crippen LogP contribution in [0.25, 0.3) is 0 Å². The molecule has 4 rings (SSSR count). The first-order valence-corrected chi connectivity index (χ1v) is 8.84. The van der Waals surface area contributed by atoms with E-state index in [1.165, 1.54) is 0 Å². The van der Waals surface area contributed by atoms with Crippen LogP contribution in [0.2, 0.25) is 0 Å². The van der Waals surface area contributed by atoms with Crippen molar-refractivity contribution < 1.29 is 9.53 Å². The van der Waals surface area contributed by atoms with Crippen molar-refractivity contribution in [2.45, 2.75) is 19.9 Å². The molecule has 1 aliphatic rings. The Morgan fingerprint density at radius 1 is 1.11 bits per heavy atom. The minimum atomic E-state index is -0.456. The molecular weight excluding hydrogens is 356 g/mol. The van der Waals surface area contributed by atoms with Crippen molar-refractivity contribution in [3.63, 3.8) is 0 Å². The van der Waals surface area contributed by atoms with Crippen LogP contribution in [0.1, 0.15) is 24.1 Å². The van der Waals surface area contributed by atoms with E-state index in [-0.39, 0.29) is 5.91 Å². The van der Waals surface area contributed by atoms with Crippen molar-refractivity contribution in [1.82, 2.24) is 20.2 Å². The molecule has 0 fully saturated rings. The highest BCUT2D eigenvalue weighted by atomic mass is 16.5. The predicted molar refractivity (Wildman–Crippen MR) is 105 cm³/mol. The van der Waals surface area contributed by atoms with E-state index >= 15 is 0 Å². The Kier molecular flexibility index (Phi) is 4.52. The molecule has 3 aromatic rings. The van der Waals surface area contributed by atoms with E-state index in [9.17, 15) is 4.79 Å². The fraction of sp³-hybridized carbons (Fsp3) is 0.200. The highest BCUT2D eigenvalue weighted by Gasteiger charge is 2.34. The van der Waals surface area contributed by atoms with E-state index in [2.05, 4.69) is 26.2 Å². The average molecular weight is 376 g/mol. The van der Waals surface area contributed by atoms with Gasteiger partial charge in [0.25, 0.3) is 5.91 Å². The first-order chi connectivity index (χ1) is 13.6. The topological polar surface area (TPSA) is 94.0 Å². The summed E-state index contributed by atoms with van der Waals surface area (Å²) in [5.41, 5.74) is 3.98. The molecule has 8 heteroatoms. The second kappa shape index (κ2) is 7.15. The third-order valence-corrected chi connectivity index (χ3v) is 4.70. The summed E-state index contributed by atoms with van der Waals surface area (Å²) in [6.45, 7) is 3.85. The second-order valence-corrected chi connectivity index (χ2v) is 6.61. The molecule has 0 aliphatic carbocycles. The van der Waals surface area contributed by atoms with E-state index in [0.717, 1.165) is 22.6 Å². The van der Waals surface area contributed by atoms with Crippen molar-refractivity contribution in [3.8, 4) is 5.75 Å². The van der Waals surface area contributed by atoms with Gasteiger partial charge < -0.3 is 15.4 Å². The summed E-state index contributed by atoms with van der Waals surface area (Å²) in [5.74, 6) is 1.02. The Labute approximate surface area is 162 Å². The van der Waals surface area contributed by atoms with Gasteiger partial charge in [0.2, 0.25) is 5.95 Å². The fourth-order valence-corrected chi connectivity index (χ4v) is 3.24. The van der Waals surface area contributed by atoms with Crippen molar-refractivity contribution >= 4 is 17.5 Å². The number of fused-ring (bicyclic) bond motifs is 1. The molecule has 1 atom stereocenters.